The number of nitrogens with one attached hydrogen (secondary N) is 7. The number of likely N-dealkylation sites (N-methyl/N-ethyl adjacent to an activating group) is 1. The van der Waals surface area contributed by atoms with E-state index in [1.54, 1.807) is 13.8 Å². The molecule has 37 heteroatoms. The SMILES string of the molecule is CN[C@H](CC(C)C)C(=O)NC1C(=O)NC(CC(N)=O)C(=O)NC2C(=O)N[C@H]3C(=O)N[C@H](C(=O)NC(C(=O)O)c4cc(O)cc(O)c4-c4cc3ccc4O)[C@H](O)c3ccc(c(Cl)c3)Oc3cc2cc(c3O[C@@H]2O[C@H](CO)C(OC3O[C@H](CO)[C@H](O)[C@H](O)C3O)[C@H](O)C2O)Oc2ccc(cc2Cl)C1O. The number of carbonyl (C=O) groups is 8. The molecule has 2 saturated heterocycles. The fourth-order valence-corrected chi connectivity index (χ4v) is 12.7. The molecule has 0 aromatic heterocycles. The van der Waals surface area contributed by atoms with Crippen LogP contribution in [0.3, 0.4) is 0 Å². The molecule has 548 valence electrons. The number of amides is 7. The van der Waals surface area contributed by atoms with Gasteiger partial charge in [-0.25, -0.2) is 4.79 Å². The van der Waals surface area contributed by atoms with Gasteiger partial charge in [0.1, 0.15) is 120 Å². The van der Waals surface area contributed by atoms with Crippen LogP contribution in [-0.2, 0) is 52.6 Å². The molecule has 7 aliphatic heterocycles. The number of aliphatic carboxylic acids is 1. The second kappa shape index (κ2) is 31.1. The van der Waals surface area contributed by atoms with Crippen molar-refractivity contribution >= 4 is 70.5 Å². The minimum atomic E-state index is -2.38. The molecule has 7 aliphatic rings. The van der Waals surface area contributed by atoms with Gasteiger partial charge < -0.3 is 138 Å². The quantitative estimate of drug-likeness (QED) is 0.0555. The Hall–Kier alpha value is -9.28. The maximum absolute atomic E-state index is 15.9. The standard InChI is InChI=1S/C65H72Cl2N8O27/c1-21(2)10-31(69-3)57(89)74-46-48(82)23-5-8-35(29(66)12-23)97-37-14-25-15-38(55(37)101-65-54(88)52(86)56(40(20-77)100-65)102-64-53(87)51(85)50(84)39(19-76)99-64)98-36-9-6-24(13-30(36)67)49(83)47-62(94)73-45(63(95)96)28-16-26(78)17-34(80)42(28)27-11-22(4-7-33(27)79)43(59(91)75-47)72-60(92)44(25)71-58(90)32(18-41(68)81)70-61(46)93/h4-9,11-17,21,31-32,39-40,43-54,56,64-65,69,76-80,82-88H,10,18-20H2,1-3H3,(H2,68,81)(H,70,93)(H,71,90)(H,72,92)(H,73,94)(H,74,89)(H,75,91)(H,95,96)/t31-,32?,39-,40-,43-,44?,45?,46?,47+,48?,49-,50+,51+,52-,53?,54?,56?,64?,65+/m1/s1. The number of benzene rings is 5. The number of primary amides is 1. The molecule has 0 spiro atoms. The zero-order valence-corrected chi connectivity index (χ0v) is 55.3. The highest BCUT2D eigenvalue weighted by Gasteiger charge is 2.52. The van der Waals surface area contributed by atoms with Crippen LogP contribution in [0.4, 0.5) is 0 Å². The molecule has 0 aliphatic carbocycles. The third kappa shape index (κ3) is 15.7. The first-order valence-electron chi connectivity index (χ1n) is 31.4. The third-order valence-corrected chi connectivity index (χ3v) is 18.1. The fourth-order valence-electron chi connectivity index (χ4n) is 12.2. The Bertz CT molecular complexity index is 4080. The molecule has 0 radical (unpaired) electrons. The molecule has 5 aromatic rings. The summed E-state index contributed by atoms with van der Waals surface area (Å²) in [6.07, 6.45) is -25.3. The van der Waals surface area contributed by atoms with Gasteiger partial charge in [-0.15, -0.1) is 0 Å². The van der Waals surface area contributed by atoms with E-state index >= 15 is 14.4 Å². The van der Waals surface area contributed by atoms with Crippen molar-refractivity contribution in [1.29, 1.82) is 0 Å². The normalized spacial score (nSPS) is 29.3. The zero-order chi connectivity index (χ0) is 74.2. The van der Waals surface area contributed by atoms with Crippen molar-refractivity contribution in [2.24, 2.45) is 11.7 Å². The van der Waals surface area contributed by atoms with E-state index < -0.39 is 261 Å². The van der Waals surface area contributed by atoms with Crippen molar-refractivity contribution in [2.45, 2.75) is 143 Å². The zero-order valence-electron chi connectivity index (χ0n) is 53.7. The van der Waals surface area contributed by atoms with Crippen LogP contribution in [0.2, 0.25) is 10.0 Å². The molecule has 19 atom stereocenters. The van der Waals surface area contributed by atoms with Crippen LogP contribution in [0.5, 0.6) is 46.0 Å². The van der Waals surface area contributed by atoms with Gasteiger partial charge in [-0.2, -0.15) is 0 Å². The fraction of sp³-hybridized carbons (Fsp3) is 0.415. The number of aliphatic hydroxyl groups excluding tert-OH is 9. The van der Waals surface area contributed by atoms with Crippen LogP contribution in [0.25, 0.3) is 11.1 Å². The van der Waals surface area contributed by atoms with Crippen LogP contribution < -0.4 is 57.2 Å². The predicted molar refractivity (Wildman–Crippen MR) is 346 cm³/mol. The van der Waals surface area contributed by atoms with Crippen LogP contribution in [0.1, 0.15) is 84.8 Å². The number of carboxylic acids is 1. The number of phenolic OH excluding ortho intramolecular Hbond substituents is 3. The summed E-state index contributed by atoms with van der Waals surface area (Å²) in [4.78, 5) is 116. The maximum atomic E-state index is 15.9. The summed E-state index contributed by atoms with van der Waals surface area (Å²) in [6, 6.07) is -1.36. The Morgan fingerprint density at radius 1 is 0.608 bits per heavy atom. The second-order valence-electron chi connectivity index (χ2n) is 25.0. The monoisotopic (exact) mass is 1470 g/mol. The third-order valence-electron chi connectivity index (χ3n) is 17.5. The lowest BCUT2D eigenvalue weighted by atomic mass is 9.89. The Morgan fingerprint density at radius 2 is 1.19 bits per heavy atom. The van der Waals surface area contributed by atoms with Crippen LogP contribution >= 0.6 is 23.2 Å². The van der Waals surface area contributed by atoms with Crippen molar-refractivity contribution < 1.29 is 133 Å². The van der Waals surface area contributed by atoms with Crippen LogP contribution in [-0.4, -0.2) is 220 Å². The first-order valence-corrected chi connectivity index (χ1v) is 32.2. The van der Waals surface area contributed by atoms with Crippen molar-refractivity contribution in [1.82, 2.24) is 37.2 Å². The van der Waals surface area contributed by atoms with Crippen LogP contribution in [0.15, 0.2) is 78.9 Å². The van der Waals surface area contributed by atoms with Gasteiger partial charge in [-0.05, 0) is 96.2 Å². The summed E-state index contributed by atoms with van der Waals surface area (Å²) in [6.45, 7) is 1.59. The molecule has 0 saturated carbocycles. The summed E-state index contributed by atoms with van der Waals surface area (Å²) in [5.41, 5.74) is 2.66. The van der Waals surface area contributed by atoms with E-state index in [4.69, 9.17) is 57.4 Å². The topological polar surface area (TPSA) is 565 Å². The van der Waals surface area contributed by atoms with E-state index in [1.165, 1.54) is 13.1 Å². The van der Waals surface area contributed by atoms with Crippen molar-refractivity contribution in [3.05, 3.63) is 117 Å². The van der Waals surface area contributed by atoms with Gasteiger partial charge in [-0.3, -0.25) is 33.6 Å². The lowest BCUT2D eigenvalue weighted by Gasteiger charge is -2.45. The molecule has 7 amide bonds. The average molecular weight is 1470 g/mol. The number of carbonyl (C=O) groups excluding carboxylic acids is 7. The molecule has 22 N–H and O–H groups in total. The van der Waals surface area contributed by atoms with Crippen molar-refractivity contribution in [3.63, 3.8) is 0 Å². The van der Waals surface area contributed by atoms with Gasteiger partial charge >= 0.3 is 5.97 Å². The van der Waals surface area contributed by atoms with Gasteiger partial charge in [-0.1, -0.05) is 55.2 Å². The minimum Gasteiger partial charge on any atom is -0.508 e. The van der Waals surface area contributed by atoms with Gasteiger partial charge in [0.25, 0.3) is 0 Å². The molecule has 102 heavy (non-hydrogen) atoms. The smallest absolute Gasteiger partial charge is 0.330 e. The summed E-state index contributed by atoms with van der Waals surface area (Å²) in [7, 11) is 1.46. The van der Waals surface area contributed by atoms with E-state index in [2.05, 4.69) is 37.2 Å². The molecule has 7 heterocycles. The Morgan fingerprint density at radius 3 is 1.77 bits per heavy atom. The molecule has 12 rings (SSSR count). The lowest BCUT2D eigenvalue weighted by molar-refractivity contribution is -0.352. The van der Waals surface area contributed by atoms with Gasteiger partial charge in [0.15, 0.2) is 23.8 Å². The number of hydrogen-bond acceptors (Lipinski definition) is 27. The molecule has 5 aromatic carbocycles. The van der Waals surface area contributed by atoms with Gasteiger partial charge in [0.05, 0.1) is 35.7 Å². The Labute approximate surface area is 586 Å². The molecular weight excluding hydrogens is 1400 g/mol. The number of fused-ring (bicyclic) bond motifs is 15. The van der Waals surface area contributed by atoms with Crippen molar-refractivity contribution in [2.75, 3.05) is 20.3 Å². The number of aliphatic hydroxyl groups is 9. The first-order chi connectivity index (χ1) is 48.3. The highest BCUT2D eigenvalue weighted by atomic mass is 35.5. The Balaban J connectivity index is 1.20. The van der Waals surface area contributed by atoms with E-state index in [0.717, 1.165) is 72.8 Å². The van der Waals surface area contributed by atoms with E-state index in [1.807, 2.05) is 0 Å². The second-order valence-corrected chi connectivity index (χ2v) is 25.8. The number of halogens is 2. The molecular formula is C65H72Cl2N8O27. The number of rotatable bonds is 14. The number of hydrogen-bond donors (Lipinski definition) is 21. The maximum Gasteiger partial charge on any atom is 0.330 e. The number of aromatic hydroxyl groups is 3. The number of ether oxygens (including phenoxy) is 6. The predicted octanol–water partition coefficient (Wildman–Crippen LogP) is -2.31. The molecule has 2 fully saturated rings. The highest BCUT2D eigenvalue weighted by molar-refractivity contribution is 6.32. The number of phenols is 3. The first kappa shape index (κ1) is 75.4. The average Bonchev–Trinajstić information content (AvgIpc) is 0.769. The molecule has 35 nitrogen and oxygen atoms in total. The van der Waals surface area contributed by atoms with E-state index in [9.17, 15) is 90.4 Å². The molecule has 11 bridgehead atoms. The van der Waals surface area contributed by atoms with E-state index in [0.29, 0.717) is 0 Å². The summed E-state index contributed by atoms with van der Waals surface area (Å²) in [5.74, 6) is -16.6. The molecule has 9 unspecified atom stereocenters. The van der Waals surface area contributed by atoms with Crippen molar-refractivity contribution in [3.8, 4) is 57.1 Å². The minimum absolute atomic E-state index is 0.113. The van der Waals surface area contributed by atoms with Gasteiger partial charge in [0.2, 0.25) is 53.4 Å². The van der Waals surface area contributed by atoms with Crippen LogP contribution in [0, 0.1) is 5.92 Å². The lowest BCUT2D eigenvalue weighted by Crippen LogP contribution is -2.65. The van der Waals surface area contributed by atoms with Gasteiger partial charge in [0, 0.05) is 22.8 Å². The summed E-state index contributed by atoms with van der Waals surface area (Å²) in [5, 5.41) is 162. The summed E-state index contributed by atoms with van der Waals surface area (Å²) < 4.78 is 36.6. The largest absolute Gasteiger partial charge is 0.508 e. The number of carboxylic acid groups (broad SMARTS) is 1. The summed E-state index contributed by atoms with van der Waals surface area (Å²) >= 11 is 14.0. The number of nitrogens with two attached hydrogens (primary N) is 1. The highest BCUT2D eigenvalue weighted by Crippen LogP contribution is 2.50. The Kier molecular flexibility index (Phi) is 23.0. The van der Waals surface area contributed by atoms with E-state index in [-0.39, 0.29) is 29.0 Å².